The predicted molar refractivity (Wildman–Crippen MR) is 87.4 cm³/mol. The highest BCUT2D eigenvalue weighted by molar-refractivity contribution is 5.42. The molecule has 0 aromatic heterocycles. The molecule has 0 aliphatic heterocycles. The fourth-order valence-corrected chi connectivity index (χ4v) is 2.87. The second-order valence-electron chi connectivity index (χ2n) is 5.54. The van der Waals surface area contributed by atoms with Crippen LogP contribution in [0.1, 0.15) is 37.8 Å². The molecule has 0 N–H and O–H groups in total. The Balaban J connectivity index is 2.41. The summed E-state index contributed by atoms with van der Waals surface area (Å²) in [7, 11) is 3.40. The van der Waals surface area contributed by atoms with Gasteiger partial charge in [-0.15, -0.1) is 0 Å². The van der Waals surface area contributed by atoms with E-state index in [1.165, 1.54) is 11.1 Å². The molecule has 0 unspecified atom stereocenters. The van der Waals surface area contributed by atoms with Gasteiger partial charge in [-0.3, -0.25) is 0 Å². The molecule has 21 heavy (non-hydrogen) atoms. The van der Waals surface area contributed by atoms with Crippen LogP contribution in [0, 0.1) is 0 Å². The van der Waals surface area contributed by atoms with E-state index >= 15 is 0 Å². The van der Waals surface area contributed by atoms with E-state index in [-0.39, 0.29) is 5.41 Å². The third-order valence-electron chi connectivity index (χ3n) is 4.20. The molecule has 2 aromatic carbocycles. The number of rotatable bonds is 6. The summed E-state index contributed by atoms with van der Waals surface area (Å²) in [6.45, 7) is 4.53. The largest absolute Gasteiger partial charge is 0.497 e. The molecular weight excluding hydrogens is 260 g/mol. The van der Waals surface area contributed by atoms with Gasteiger partial charge in [0.1, 0.15) is 11.5 Å². The van der Waals surface area contributed by atoms with E-state index in [1.807, 2.05) is 24.3 Å². The molecule has 2 nitrogen and oxygen atoms in total. The average molecular weight is 284 g/mol. The number of methoxy groups -OCH3 is 2. The molecule has 2 aromatic rings. The summed E-state index contributed by atoms with van der Waals surface area (Å²) in [5, 5.41) is 0. The summed E-state index contributed by atoms with van der Waals surface area (Å²) in [6, 6.07) is 16.8. The number of hydrogen-bond acceptors (Lipinski definition) is 2. The van der Waals surface area contributed by atoms with Crippen molar-refractivity contribution in [1.29, 1.82) is 0 Å². The smallest absolute Gasteiger partial charge is 0.118 e. The third kappa shape index (κ3) is 3.21. The van der Waals surface area contributed by atoms with Crippen LogP contribution < -0.4 is 9.47 Å². The van der Waals surface area contributed by atoms with Gasteiger partial charge in [0.25, 0.3) is 0 Å². The molecule has 0 spiro atoms. The zero-order valence-electron chi connectivity index (χ0n) is 13.3. The SMILES string of the molecule is CCCC(C)(c1ccc(OC)cc1)c1ccc(OC)cc1. The molecule has 0 radical (unpaired) electrons. The third-order valence-corrected chi connectivity index (χ3v) is 4.20. The lowest BCUT2D eigenvalue weighted by Crippen LogP contribution is -2.23. The van der Waals surface area contributed by atoms with E-state index in [1.54, 1.807) is 14.2 Å². The maximum Gasteiger partial charge on any atom is 0.118 e. The van der Waals surface area contributed by atoms with Crippen LogP contribution in [0.4, 0.5) is 0 Å². The highest BCUT2D eigenvalue weighted by Crippen LogP contribution is 2.37. The summed E-state index contributed by atoms with van der Waals surface area (Å²) in [6.07, 6.45) is 2.24. The molecule has 0 bridgehead atoms. The number of benzene rings is 2. The van der Waals surface area contributed by atoms with Crippen LogP contribution in [0.15, 0.2) is 48.5 Å². The second-order valence-corrected chi connectivity index (χ2v) is 5.54. The molecular formula is C19H24O2. The minimum absolute atomic E-state index is 0.00723. The number of ether oxygens (including phenoxy) is 2. The van der Waals surface area contributed by atoms with E-state index < -0.39 is 0 Å². The highest BCUT2D eigenvalue weighted by Gasteiger charge is 2.27. The van der Waals surface area contributed by atoms with Crippen molar-refractivity contribution >= 4 is 0 Å². The first-order valence-corrected chi connectivity index (χ1v) is 7.43. The molecule has 2 heteroatoms. The van der Waals surface area contributed by atoms with Gasteiger partial charge in [0, 0.05) is 5.41 Å². The first-order chi connectivity index (χ1) is 10.1. The lowest BCUT2D eigenvalue weighted by Gasteiger charge is -2.31. The summed E-state index contributed by atoms with van der Waals surface area (Å²) < 4.78 is 10.5. The molecule has 0 heterocycles. The van der Waals surface area contributed by atoms with Crippen LogP contribution >= 0.6 is 0 Å². The zero-order valence-corrected chi connectivity index (χ0v) is 13.3. The second kappa shape index (κ2) is 6.66. The van der Waals surface area contributed by atoms with Crippen LogP contribution in [0.3, 0.4) is 0 Å². The van der Waals surface area contributed by atoms with Crippen molar-refractivity contribution in [2.75, 3.05) is 14.2 Å². The van der Waals surface area contributed by atoms with Gasteiger partial charge in [0.15, 0.2) is 0 Å². The van der Waals surface area contributed by atoms with Crippen molar-refractivity contribution in [2.45, 2.75) is 32.1 Å². The van der Waals surface area contributed by atoms with Crippen LogP contribution in [0.2, 0.25) is 0 Å². The summed E-state index contributed by atoms with van der Waals surface area (Å²) >= 11 is 0. The van der Waals surface area contributed by atoms with Gasteiger partial charge >= 0.3 is 0 Å². The Hall–Kier alpha value is -1.96. The van der Waals surface area contributed by atoms with Crippen molar-refractivity contribution in [3.63, 3.8) is 0 Å². The molecule has 0 amide bonds. The monoisotopic (exact) mass is 284 g/mol. The van der Waals surface area contributed by atoms with Crippen molar-refractivity contribution in [3.8, 4) is 11.5 Å². The Labute approximate surface area is 127 Å². The van der Waals surface area contributed by atoms with E-state index in [2.05, 4.69) is 38.1 Å². The van der Waals surface area contributed by atoms with E-state index in [4.69, 9.17) is 9.47 Å². The fraction of sp³-hybridized carbons (Fsp3) is 0.368. The Morgan fingerprint density at radius 1 is 0.762 bits per heavy atom. The van der Waals surface area contributed by atoms with Crippen LogP contribution in [-0.2, 0) is 5.41 Å². The highest BCUT2D eigenvalue weighted by atomic mass is 16.5. The minimum atomic E-state index is 0.00723. The molecule has 112 valence electrons. The number of hydrogen-bond donors (Lipinski definition) is 0. The molecule has 0 aliphatic carbocycles. The lowest BCUT2D eigenvalue weighted by atomic mass is 9.73. The minimum Gasteiger partial charge on any atom is -0.497 e. The Kier molecular flexibility index (Phi) is 4.89. The maximum atomic E-state index is 5.26. The van der Waals surface area contributed by atoms with Crippen LogP contribution in [0.25, 0.3) is 0 Å². The summed E-state index contributed by atoms with van der Waals surface area (Å²) in [5.74, 6) is 1.79. The van der Waals surface area contributed by atoms with Crippen molar-refractivity contribution in [3.05, 3.63) is 59.7 Å². The Morgan fingerprint density at radius 3 is 1.43 bits per heavy atom. The summed E-state index contributed by atoms with van der Waals surface area (Å²) in [5.41, 5.74) is 2.64. The van der Waals surface area contributed by atoms with Crippen LogP contribution in [0.5, 0.6) is 11.5 Å². The molecule has 0 aliphatic rings. The Morgan fingerprint density at radius 2 is 1.14 bits per heavy atom. The van der Waals surface area contributed by atoms with Crippen molar-refractivity contribution in [2.24, 2.45) is 0 Å². The van der Waals surface area contributed by atoms with Gasteiger partial charge in [0.2, 0.25) is 0 Å². The average Bonchev–Trinajstić information content (AvgIpc) is 2.55. The fourth-order valence-electron chi connectivity index (χ4n) is 2.87. The van der Waals surface area contributed by atoms with E-state index in [0.717, 1.165) is 24.3 Å². The Bertz CT molecular complexity index is 508. The predicted octanol–water partition coefficient (Wildman–Crippen LogP) is 4.81. The van der Waals surface area contributed by atoms with Gasteiger partial charge in [-0.25, -0.2) is 0 Å². The first-order valence-electron chi connectivity index (χ1n) is 7.43. The molecule has 0 saturated carbocycles. The topological polar surface area (TPSA) is 18.5 Å². The standard InChI is InChI=1S/C19H24O2/c1-5-14-19(2,15-6-10-17(20-3)11-7-15)16-8-12-18(21-4)13-9-16/h6-13H,5,14H2,1-4H3. The van der Waals surface area contributed by atoms with Gasteiger partial charge in [-0.05, 0) is 41.8 Å². The lowest BCUT2D eigenvalue weighted by molar-refractivity contribution is 0.413. The van der Waals surface area contributed by atoms with Gasteiger partial charge in [0.05, 0.1) is 14.2 Å². The van der Waals surface area contributed by atoms with Crippen LogP contribution in [-0.4, -0.2) is 14.2 Å². The van der Waals surface area contributed by atoms with Gasteiger partial charge in [-0.2, -0.15) is 0 Å². The molecule has 0 atom stereocenters. The van der Waals surface area contributed by atoms with Crippen molar-refractivity contribution < 1.29 is 9.47 Å². The first kappa shape index (κ1) is 15.4. The zero-order chi connectivity index (χ0) is 15.3. The quantitative estimate of drug-likeness (QED) is 0.758. The summed E-state index contributed by atoms with van der Waals surface area (Å²) in [4.78, 5) is 0. The normalized spacial score (nSPS) is 11.2. The molecule has 0 saturated heterocycles. The molecule has 2 rings (SSSR count). The molecule has 0 fully saturated rings. The van der Waals surface area contributed by atoms with Gasteiger partial charge in [-0.1, -0.05) is 44.5 Å². The van der Waals surface area contributed by atoms with Crippen molar-refractivity contribution in [1.82, 2.24) is 0 Å². The van der Waals surface area contributed by atoms with E-state index in [9.17, 15) is 0 Å². The maximum absolute atomic E-state index is 5.26. The van der Waals surface area contributed by atoms with Gasteiger partial charge < -0.3 is 9.47 Å². The van der Waals surface area contributed by atoms with E-state index in [0.29, 0.717) is 0 Å².